The zero-order valence-corrected chi connectivity index (χ0v) is 11.2. The highest BCUT2D eigenvalue weighted by Gasteiger charge is 2.35. The summed E-state index contributed by atoms with van der Waals surface area (Å²) in [7, 11) is 0. The van der Waals surface area contributed by atoms with Crippen LogP contribution in [-0.2, 0) is 4.74 Å². The molecule has 1 aliphatic rings. The fourth-order valence-corrected chi connectivity index (χ4v) is 2.68. The molecule has 0 spiro atoms. The van der Waals surface area contributed by atoms with Gasteiger partial charge in [0.05, 0.1) is 11.7 Å². The van der Waals surface area contributed by atoms with Gasteiger partial charge in [-0.05, 0) is 11.6 Å². The summed E-state index contributed by atoms with van der Waals surface area (Å²) < 4.78 is 7.15. The number of carbonyl (C=O) groups excluding carboxylic acids is 1. The Hall–Kier alpha value is -2.82. The summed E-state index contributed by atoms with van der Waals surface area (Å²) in [5, 5.41) is 0. The lowest BCUT2D eigenvalue weighted by atomic mass is 10.1. The van der Waals surface area contributed by atoms with Gasteiger partial charge in [0, 0.05) is 24.7 Å². The molecule has 2 aromatic heterocycles. The quantitative estimate of drug-likeness (QED) is 0.724. The fraction of sp³-hybridized carbons (Fsp3) is 0.125. The van der Waals surface area contributed by atoms with E-state index in [0.717, 1.165) is 16.9 Å². The molecule has 0 bridgehead atoms. The van der Waals surface area contributed by atoms with Crippen molar-refractivity contribution in [2.75, 3.05) is 11.5 Å². The van der Waals surface area contributed by atoms with E-state index in [-0.39, 0.29) is 12.1 Å². The van der Waals surface area contributed by atoms with Gasteiger partial charge >= 0.3 is 6.09 Å². The number of cyclic esters (lactones) is 1. The topological polar surface area (TPSA) is 46.8 Å². The van der Waals surface area contributed by atoms with Crippen LogP contribution in [0.3, 0.4) is 0 Å². The maximum Gasteiger partial charge on any atom is 0.415 e. The molecule has 0 unspecified atom stereocenters. The average Bonchev–Trinajstić information content (AvgIpc) is 3.13. The molecular weight excluding hydrogens is 266 g/mol. The Balaban J connectivity index is 1.78. The lowest BCUT2D eigenvalue weighted by molar-refractivity contribution is 0.179. The second kappa shape index (κ2) is 4.63. The minimum absolute atomic E-state index is 0.101. The summed E-state index contributed by atoms with van der Waals surface area (Å²) in [4.78, 5) is 18.1. The van der Waals surface area contributed by atoms with Crippen LogP contribution in [0.2, 0.25) is 0 Å². The first kappa shape index (κ1) is 12.0. The molecule has 1 aromatic carbocycles. The third-order valence-corrected chi connectivity index (χ3v) is 3.72. The number of hydrogen-bond donors (Lipinski definition) is 0. The molecule has 0 saturated carbocycles. The van der Waals surface area contributed by atoms with Crippen LogP contribution in [0.25, 0.3) is 5.65 Å². The second-order valence-electron chi connectivity index (χ2n) is 4.95. The van der Waals surface area contributed by atoms with Crippen LogP contribution < -0.4 is 4.90 Å². The number of nitrogens with zero attached hydrogens (tertiary/aromatic N) is 3. The van der Waals surface area contributed by atoms with Gasteiger partial charge in [0.2, 0.25) is 0 Å². The van der Waals surface area contributed by atoms with Crippen LogP contribution in [0.5, 0.6) is 0 Å². The number of pyridine rings is 1. The van der Waals surface area contributed by atoms with Gasteiger partial charge in [-0.3, -0.25) is 4.90 Å². The number of ether oxygens (including phenoxy) is 1. The van der Waals surface area contributed by atoms with Crippen LogP contribution in [0, 0.1) is 0 Å². The first-order chi connectivity index (χ1) is 10.3. The SMILES string of the molecule is O=C1OC[C@H](c2ccccc2)N1c1ccn2ccnc2c1. The van der Waals surface area contributed by atoms with Crippen molar-refractivity contribution in [2.24, 2.45) is 0 Å². The molecule has 0 radical (unpaired) electrons. The largest absolute Gasteiger partial charge is 0.447 e. The Morgan fingerprint density at radius 2 is 2.00 bits per heavy atom. The van der Waals surface area contributed by atoms with Crippen molar-refractivity contribution in [3.8, 4) is 0 Å². The highest BCUT2D eigenvalue weighted by atomic mass is 16.6. The van der Waals surface area contributed by atoms with E-state index in [1.807, 2.05) is 59.3 Å². The molecule has 104 valence electrons. The summed E-state index contributed by atoms with van der Waals surface area (Å²) in [6.07, 6.45) is 5.18. The smallest absolute Gasteiger partial charge is 0.415 e. The Labute approximate surface area is 121 Å². The highest BCUT2D eigenvalue weighted by Crippen LogP contribution is 2.33. The molecule has 3 aromatic rings. The highest BCUT2D eigenvalue weighted by molar-refractivity contribution is 5.91. The lowest BCUT2D eigenvalue weighted by Gasteiger charge is -2.21. The Kier molecular flexibility index (Phi) is 2.64. The monoisotopic (exact) mass is 279 g/mol. The number of carbonyl (C=O) groups is 1. The lowest BCUT2D eigenvalue weighted by Crippen LogP contribution is -2.27. The number of amides is 1. The predicted molar refractivity (Wildman–Crippen MR) is 78.2 cm³/mol. The molecule has 1 atom stereocenters. The third kappa shape index (κ3) is 1.94. The Bertz CT molecular complexity index is 797. The molecule has 21 heavy (non-hydrogen) atoms. The summed E-state index contributed by atoms with van der Waals surface area (Å²) >= 11 is 0. The van der Waals surface area contributed by atoms with E-state index in [9.17, 15) is 4.79 Å². The van der Waals surface area contributed by atoms with E-state index in [1.165, 1.54) is 0 Å². The van der Waals surface area contributed by atoms with Crippen LogP contribution in [0.4, 0.5) is 10.5 Å². The molecule has 0 aliphatic carbocycles. The average molecular weight is 279 g/mol. The molecule has 3 heterocycles. The van der Waals surface area contributed by atoms with E-state index in [2.05, 4.69) is 4.98 Å². The second-order valence-corrected chi connectivity index (χ2v) is 4.95. The minimum Gasteiger partial charge on any atom is -0.447 e. The molecule has 1 fully saturated rings. The van der Waals surface area contributed by atoms with E-state index < -0.39 is 0 Å². The van der Waals surface area contributed by atoms with Gasteiger partial charge in [-0.15, -0.1) is 0 Å². The van der Waals surface area contributed by atoms with Gasteiger partial charge in [-0.25, -0.2) is 9.78 Å². The van der Waals surface area contributed by atoms with Crippen molar-refractivity contribution in [1.29, 1.82) is 0 Å². The summed E-state index contributed by atoms with van der Waals surface area (Å²) in [5.74, 6) is 0. The first-order valence-electron chi connectivity index (χ1n) is 6.76. The summed E-state index contributed by atoms with van der Waals surface area (Å²) in [6.45, 7) is 0.364. The van der Waals surface area contributed by atoms with Crippen LogP contribution in [0.15, 0.2) is 61.1 Å². The molecule has 1 aliphatic heterocycles. The Morgan fingerprint density at radius 3 is 2.86 bits per heavy atom. The minimum atomic E-state index is -0.320. The molecule has 1 amide bonds. The molecule has 1 saturated heterocycles. The van der Waals surface area contributed by atoms with Gasteiger partial charge in [0.25, 0.3) is 0 Å². The summed E-state index contributed by atoms with van der Waals surface area (Å²) in [6, 6.07) is 13.6. The molecule has 5 nitrogen and oxygen atoms in total. The van der Waals surface area contributed by atoms with Crippen molar-refractivity contribution in [1.82, 2.24) is 9.38 Å². The molecule has 5 heteroatoms. The molecule has 0 N–H and O–H groups in total. The van der Waals surface area contributed by atoms with Gasteiger partial charge in [0.1, 0.15) is 12.3 Å². The first-order valence-corrected chi connectivity index (χ1v) is 6.76. The van der Waals surface area contributed by atoms with Crippen molar-refractivity contribution in [3.63, 3.8) is 0 Å². The van der Waals surface area contributed by atoms with Gasteiger partial charge in [-0.2, -0.15) is 0 Å². The number of aromatic nitrogens is 2. The molecule has 4 rings (SSSR count). The summed E-state index contributed by atoms with van der Waals surface area (Å²) in [5.41, 5.74) is 2.66. The van der Waals surface area contributed by atoms with Crippen LogP contribution in [0.1, 0.15) is 11.6 Å². The van der Waals surface area contributed by atoms with Gasteiger partial charge in [0.15, 0.2) is 0 Å². The normalized spacial score (nSPS) is 18.2. The maximum absolute atomic E-state index is 12.1. The van der Waals surface area contributed by atoms with Crippen LogP contribution >= 0.6 is 0 Å². The van der Waals surface area contributed by atoms with Gasteiger partial charge < -0.3 is 9.14 Å². The van der Waals surface area contributed by atoms with E-state index in [1.54, 1.807) is 11.1 Å². The van der Waals surface area contributed by atoms with Crippen molar-refractivity contribution < 1.29 is 9.53 Å². The zero-order valence-electron chi connectivity index (χ0n) is 11.2. The maximum atomic E-state index is 12.1. The number of hydrogen-bond acceptors (Lipinski definition) is 3. The fourth-order valence-electron chi connectivity index (χ4n) is 2.68. The number of anilines is 1. The number of rotatable bonds is 2. The number of fused-ring (bicyclic) bond motifs is 1. The van der Waals surface area contributed by atoms with Gasteiger partial charge in [-0.1, -0.05) is 30.3 Å². The Morgan fingerprint density at radius 1 is 1.14 bits per heavy atom. The standard InChI is InChI=1S/C16H13N3O2/c20-16-19(13-6-8-18-9-7-17-15(18)10-13)14(11-21-16)12-4-2-1-3-5-12/h1-10,14H,11H2/t14-/m1/s1. The number of imidazole rings is 1. The van der Waals surface area contributed by atoms with Crippen molar-refractivity contribution >= 4 is 17.4 Å². The van der Waals surface area contributed by atoms with Crippen molar-refractivity contribution in [2.45, 2.75) is 6.04 Å². The van der Waals surface area contributed by atoms with E-state index in [4.69, 9.17) is 4.74 Å². The van der Waals surface area contributed by atoms with E-state index in [0.29, 0.717) is 6.61 Å². The number of benzene rings is 1. The third-order valence-electron chi connectivity index (χ3n) is 3.72. The predicted octanol–water partition coefficient (Wildman–Crippen LogP) is 3.03. The van der Waals surface area contributed by atoms with Crippen LogP contribution in [-0.4, -0.2) is 22.1 Å². The molecular formula is C16H13N3O2. The van der Waals surface area contributed by atoms with Crippen molar-refractivity contribution in [3.05, 3.63) is 66.6 Å². The van der Waals surface area contributed by atoms with E-state index >= 15 is 0 Å². The zero-order chi connectivity index (χ0) is 14.2.